The van der Waals surface area contributed by atoms with E-state index in [2.05, 4.69) is 0 Å². The Morgan fingerprint density at radius 1 is 1.27 bits per heavy atom. The third-order valence-electron chi connectivity index (χ3n) is 1.46. The quantitative estimate of drug-likeness (QED) is 0.608. The third-order valence-corrected chi connectivity index (χ3v) is 1.74. The molecule has 1 rings (SSSR count). The van der Waals surface area contributed by atoms with E-state index in [0.29, 0.717) is 11.1 Å². The second-order valence-corrected chi connectivity index (χ2v) is 2.45. The molecule has 0 N–H and O–H groups in total. The Labute approximate surface area is 68.8 Å². The highest BCUT2D eigenvalue weighted by atomic mass is 35.5. The van der Waals surface area contributed by atoms with Crippen molar-refractivity contribution in [3.05, 3.63) is 35.1 Å². The molecular weight excluding hydrogens is 170 g/mol. The van der Waals surface area contributed by atoms with Gasteiger partial charge in [-0.05, 0) is 23.3 Å². The molecule has 11 heavy (non-hydrogen) atoms. The monoisotopic (exact) mass is 176 g/mol. The number of hydrogen-bond donors (Lipinski definition) is 0. The summed E-state index contributed by atoms with van der Waals surface area (Å²) in [7, 11) is 0. The van der Waals surface area contributed by atoms with Crippen LogP contribution in [0.5, 0.6) is 0 Å². The molecule has 0 fully saturated rings. The number of alkyl halides is 2. The maximum atomic E-state index is 12.5. The van der Waals surface area contributed by atoms with Crippen LogP contribution < -0.4 is 0 Å². The van der Waals surface area contributed by atoms with Crippen molar-refractivity contribution in [3.8, 4) is 0 Å². The minimum absolute atomic E-state index is 0.222. The van der Waals surface area contributed by atoms with E-state index in [0.717, 1.165) is 6.07 Å². The van der Waals surface area contributed by atoms with Gasteiger partial charge >= 0.3 is 0 Å². The number of hydrogen-bond acceptors (Lipinski definition) is 0. The van der Waals surface area contributed by atoms with Crippen LogP contribution in [0.3, 0.4) is 0 Å². The van der Waals surface area contributed by atoms with Crippen LogP contribution in [0.15, 0.2) is 18.2 Å². The van der Waals surface area contributed by atoms with Crippen molar-refractivity contribution in [1.82, 2.24) is 0 Å². The summed E-state index contributed by atoms with van der Waals surface area (Å²) in [5.74, 6) is -0.203. The van der Waals surface area contributed by atoms with Gasteiger partial charge in [0.1, 0.15) is 12.5 Å². The highest BCUT2D eigenvalue weighted by molar-refractivity contribution is 6.17. The Bertz CT molecular complexity index is 248. The molecule has 0 aliphatic carbocycles. The first-order valence-corrected chi connectivity index (χ1v) is 3.70. The van der Waals surface area contributed by atoms with Crippen molar-refractivity contribution in [2.24, 2.45) is 0 Å². The molecular formula is C8H7ClF2. The number of benzene rings is 1. The van der Waals surface area contributed by atoms with Crippen LogP contribution in [0, 0.1) is 5.82 Å². The van der Waals surface area contributed by atoms with Gasteiger partial charge in [-0.15, -0.1) is 11.6 Å². The Hall–Kier alpha value is -0.630. The van der Waals surface area contributed by atoms with Gasteiger partial charge in [-0.25, -0.2) is 8.78 Å². The molecule has 0 saturated heterocycles. The number of rotatable bonds is 2. The molecule has 1 aromatic carbocycles. The van der Waals surface area contributed by atoms with E-state index >= 15 is 0 Å². The zero-order valence-electron chi connectivity index (χ0n) is 5.78. The fraction of sp³-hybridized carbons (Fsp3) is 0.250. The molecule has 0 heterocycles. The topological polar surface area (TPSA) is 0 Å². The molecule has 0 radical (unpaired) electrons. The average molecular weight is 177 g/mol. The second kappa shape index (κ2) is 3.67. The van der Waals surface area contributed by atoms with E-state index in [1.54, 1.807) is 0 Å². The lowest BCUT2D eigenvalue weighted by molar-refractivity contribution is 0.480. The summed E-state index contributed by atoms with van der Waals surface area (Å²) in [6, 6.07) is 3.94. The zero-order chi connectivity index (χ0) is 8.27. The number of halogens is 3. The van der Waals surface area contributed by atoms with E-state index in [9.17, 15) is 8.78 Å². The highest BCUT2D eigenvalue weighted by Crippen LogP contribution is 2.14. The van der Waals surface area contributed by atoms with Crippen molar-refractivity contribution >= 4 is 11.6 Å². The first-order chi connectivity index (χ1) is 5.27. The molecule has 0 aliphatic heterocycles. The molecule has 0 saturated carbocycles. The van der Waals surface area contributed by atoms with Crippen molar-refractivity contribution in [3.63, 3.8) is 0 Å². The molecule has 0 amide bonds. The van der Waals surface area contributed by atoms with E-state index in [1.165, 1.54) is 12.1 Å². The van der Waals surface area contributed by atoms with Crippen molar-refractivity contribution < 1.29 is 8.78 Å². The molecule has 0 unspecified atom stereocenters. The van der Waals surface area contributed by atoms with Gasteiger partial charge in [0.2, 0.25) is 0 Å². The van der Waals surface area contributed by atoms with Gasteiger partial charge in [-0.1, -0.05) is 6.07 Å². The highest BCUT2D eigenvalue weighted by Gasteiger charge is 2.01. The zero-order valence-corrected chi connectivity index (χ0v) is 6.54. The van der Waals surface area contributed by atoms with Gasteiger partial charge in [-0.2, -0.15) is 0 Å². The van der Waals surface area contributed by atoms with Gasteiger partial charge in [-0.3, -0.25) is 0 Å². The summed E-state index contributed by atoms with van der Waals surface area (Å²) >= 11 is 5.47. The van der Waals surface area contributed by atoms with Crippen LogP contribution in [0.2, 0.25) is 0 Å². The van der Waals surface area contributed by atoms with Crippen LogP contribution in [0.25, 0.3) is 0 Å². The van der Waals surface area contributed by atoms with Crippen LogP contribution in [-0.2, 0) is 12.6 Å². The lowest BCUT2D eigenvalue weighted by Gasteiger charge is -2.01. The summed E-state index contributed by atoms with van der Waals surface area (Å²) in [5.41, 5.74) is 0.982. The van der Waals surface area contributed by atoms with E-state index in [-0.39, 0.29) is 5.88 Å². The van der Waals surface area contributed by atoms with Crippen molar-refractivity contribution in [1.29, 1.82) is 0 Å². The molecule has 0 bridgehead atoms. The summed E-state index contributed by atoms with van der Waals surface area (Å²) in [5, 5.41) is 0. The molecule has 1 aromatic rings. The van der Waals surface area contributed by atoms with Crippen LogP contribution in [0.4, 0.5) is 8.78 Å². The summed E-state index contributed by atoms with van der Waals surface area (Å²) in [6.45, 7) is -0.667. The molecule has 0 aliphatic rings. The van der Waals surface area contributed by atoms with Crippen molar-refractivity contribution in [2.75, 3.05) is 0 Å². The molecule has 60 valence electrons. The van der Waals surface area contributed by atoms with Gasteiger partial charge in [0.05, 0.1) is 0 Å². The second-order valence-electron chi connectivity index (χ2n) is 2.18. The first-order valence-electron chi connectivity index (χ1n) is 3.17. The molecule has 0 aromatic heterocycles. The Kier molecular flexibility index (Phi) is 2.83. The predicted octanol–water partition coefficient (Wildman–Crippen LogP) is 3.03. The van der Waals surface area contributed by atoms with Gasteiger partial charge in [0.15, 0.2) is 0 Å². The lowest BCUT2D eigenvalue weighted by atomic mass is 10.1. The smallest absolute Gasteiger partial charge is 0.123 e. The SMILES string of the molecule is FCc1cc(F)ccc1CCl. The van der Waals surface area contributed by atoms with Gasteiger partial charge < -0.3 is 0 Å². The normalized spacial score (nSPS) is 10.1. The van der Waals surface area contributed by atoms with Crippen molar-refractivity contribution in [2.45, 2.75) is 12.6 Å². The Morgan fingerprint density at radius 3 is 2.55 bits per heavy atom. The summed E-state index contributed by atoms with van der Waals surface area (Å²) in [4.78, 5) is 0. The summed E-state index contributed by atoms with van der Waals surface area (Å²) in [6.07, 6.45) is 0. The largest absolute Gasteiger partial charge is 0.246 e. The standard InChI is InChI=1S/C8H7ClF2/c9-4-6-1-2-8(11)3-7(6)5-10/h1-3H,4-5H2. The Balaban J connectivity index is 3.06. The lowest BCUT2D eigenvalue weighted by Crippen LogP contribution is -1.89. The van der Waals surface area contributed by atoms with Gasteiger partial charge in [0, 0.05) is 5.88 Å². The predicted molar refractivity (Wildman–Crippen MR) is 40.8 cm³/mol. The van der Waals surface area contributed by atoms with Crippen LogP contribution in [-0.4, -0.2) is 0 Å². The van der Waals surface area contributed by atoms with E-state index in [4.69, 9.17) is 11.6 Å². The van der Waals surface area contributed by atoms with E-state index in [1.807, 2.05) is 0 Å². The van der Waals surface area contributed by atoms with E-state index < -0.39 is 12.5 Å². The minimum atomic E-state index is -0.667. The van der Waals surface area contributed by atoms with Crippen LogP contribution in [0.1, 0.15) is 11.1 Å². The molecule has 3 heteroatoms. The van der Waals surface area contributed by atoms with Crippen LogP contribution >= 0.6 is 11.6 Å². The molecule has 0 spiro atoms. The molecule has 0 nitrogen and oxygen atoms in total. The molecule has 0 atom stereocenters. The first kappa shape index (κ1) is 8.47. The fourth-order valence-corrected chi connectivity index (χ4v) is 1.11. The Morgan fingerprint density at radius 2 is 2.00 bits per heavy atom. The third kappa shape index (κ3) is 1.90. The fourth-order valence-electron chi connectivity index (χ4n) is 0.849. The minimum Gasteiger partial charge on any atom is -0.246 e. The summed E-state index contributed by atoms with van der Waals surface area (Å²) < 4.78 is 24.6. The average Bonchev–Trinajstić information content (AvgIpc) is 2.04. The maximum Gasteiger partial charge on any atom is 0.123 e. The van der Waals surface area contributed by atoms with Gasteiger partial charge in [0.25, 0.3) is 0 Å². The maximum absolute atomic E-state index is 12.5.